The van der Waals surface area contributed by atoms with Gasteiger partial charge in [0.2, 0.25) is 5.91 Å². The fraction of sp³-hybridized carbons (Fsp3) is 0.421. The molecule has 150 valence electrons. The van der Waals surface area contributed by atoms with Crippen molar-refractivity contribution in [3.05, 3.63) is 47.2 Å². The zero-order chi connectivity index (χ0) is 18.8. The minimum absolute atomic E-state index is 0. The van der Waals surface area contributed by atoms with Gasteiger partial charge in [-0.3, -0.25) is 9.59 Å². The summed E-state index contributed by atoms with van der Waals surface area (Å²) in [6.07, 6.45) is 5.18. The third-order valence-corrected chi connectivity index (χ3v) is 5.42. The van der Waals surface area contributed by atoms with Crippen LogP contribution in [-0.2, 0) is 4.79 Å². The summed E-state index contributed by atoms with van der Waals surface area (Å²) in [4.78, 5) is 28.9. The van der Waals surface area contributed by atoms with Crippen LogP contribution in [0.5, 0.6) is 0 Å². The fourth-order valence-corrected chi connectivity index (χ4v) is 3.88. The Morgan fingerprint density at radius 1 is 1.21 bits per heavy atom. The zero-order valence-electron chi connectivity index (χ0n) is 15.4. The topological polar surface area (TPSA) is 70.5 Å². The standard InChI is InChI=1S/C19H22ClN5O2.ClH/c20-15-3-5-16(6-4-15)25-12-14(10-22-25)19(27)23-8-1-2-17(13-23)24-9-7-21-11-18(24)26;/h3-6,10,12,17,21H,1-2,7-9,11,13H2;1H. The predicted molar refractivity (Wildman–Crippen MR) is 109 cm³/mol. The third-order valence-electron chi connectivity index (χ3n) is 5.17. The maximum Gasteiger partial charge on any atom is 0.257 e. The molecule has 7 nitrogen and oxygen atoms in total. The number of amides is 2. The summed E-state index contributed by atoms with van der Waals surface area (Å²) in [6.45, 7) is 3.20. The van der Waals surface area contributed by atoms with E-state index in [0.717, 1.165) is 25.1 Å². The lowest BCUT2D eigenvalue weighted by Crippen LogP contribution is -2.57. The van der Waals surface area contributed by atoms with E-state index in [1.807, 2.05) is 21.9 Å². The number of hydrogen-bond donors (Lipinski definition) is 1. The summed E-state index contributed by atoms with van der Waals surface area (Å²) >= 11 is 5.92. The van der Waals surface area contributed by atoms with Crippen LogP contribution in [0.15, 0.2) is 36.7 Å². The summed E-state index contributed by atoms with van der Waals surface area (Å²) in [5, 5.41) is 8.06. The molecule has 2 aromatic rings. The van der Waals surface area contributed by atoms with Gasteiger partial charge < -0.3 is 15.1 Å². The highest BCUT2D eigenvalue weighted by Gasteiger charge is 2.32. The Morgan fingerprint density at radius 2 is 2.00 bits per heavy atom. The second-order valence-corrected chi connectivity index (χ2v) is 7.40. The van der Waals surface area contributed by atoms with Crippen LogP contribution in [0.2, 0.25) is 5.02 Å². The van der Waals surface area contributed by atoms with Gasteiger partial charge in [-0.1, -0.05) is 11.6 Å². The Bertz CT molecular complexity index is 839. The summed E-state index contributed by atoms with van der Waals surface area (Å²) in [5.74, 6) is 0.0820. The van der Waals surface area contributed by atoms with Gasteiger partial charge in [-0.05, 0) is 37.1 Å². The molecule has 1 aromatic heterocycles. The zero-order valence-corrected chi connectivity index (χ0v) is 17.0. The van der Waals surface area contributed by atoms with Gasteiger partial charge in [-0.15, -0.1) is 12.4 Å². The quantitative estimate of drug-likeness (QED) is 0.818. The number of nitrogens with one attached hydrogen (secondary N) is 1. The van der Waals surface area contributed by atoms with E-state index < -0.39 is 0 Å². The van der Waals surface area contributed by atoms with Crippen molar-refractivity contribution in [1.82, 2.24) is 24.9 Å². The van der Waals surface area contributed by atoms with Crippen LogP contribution in [0.1, 0.15) is 23.2 Å². The minimum atomic E-state index is -0.0394. The van der Waals surface area contributed by atoms with Crippen LogP contribution in [-0.4, -0.2) is 70.2 Å². The highest BCUT2D eigenvalue weighted by molar-refractivity contribution is 6.30. The molecule has 1 aromatic carbocycles. The van der Waals surface area contributed by atoms with Gasteiger partial charge in [0.05, 0.1) is 24.0 Å². The number of halogens is 2. The fourth-order valence-electron chi connectivity index (χ4n) is 3.75. The van der Waals surface area contributed by atoms with E-state index in [1.54, 1.807) is 29.2 Å². The summed E-state index contributed by atoms with van der Waals surface area (Å²) in [6, 6.07) is 7.40. The molecule has 28 heavy (non-hydrogen) atoms. The molecule has 0 aliphatic carbocycles. The summed E-state index contributed by atoms with van der Waals surface area (Å²) in [7, 11) is 0. The van der Waals surface area contributed by atoms with Crippen LogP contribution in [0.25, 0.3) is 5.69 Å². The van der Waals surface area contributed by atoms with E-state index in [0.29, 0.717) is 36.8 Å². The summed E-state index contributed by atoms with van der Waals surface area (Å²) < 4.78 is 1.67. The molecule has 2 fully saturated rings. The van der Waals surface area contributed by atoms with E-state index in [1.165, 1.54) is 0 Å². The number of hydrogen-bond acceptors (Lipinski definition) is 4. The van der Waals surface area contributed by atoms with Crippen molar-refractivity contribution in [2.75, 3.05) is 32.7 Å². The molecule has 2 aliphatic rings. The van der Waals surface area contributed by atoms with Crippen molar-refractivity contribution in [3.63, 3.8) is 0 Å². The highest BCUT2D eigenvalue weighted by atomic mass is 35.5. The Morgan fingerprint density at radius 3 is 2.75 bits per heavy atom. The van der Waals surface area contributed by atoms with Gasteiger partial charge >= 0.3 is 0 Å². The van der Waals surface area contributed by atoms with Crippen LogP contribution in [0.4, 0.5) is 0 Å². The monoisotopic (exact) mass is 423 g/mol. The van der Waals surface area contributed by atoms with Crippen LogP contribution < -0.4 is 5.32 Å². The molecule has 4 rings (SSSR count). The molecule has 3 heterocycles. The maximum atomic E-state index is 12.9. The minimum Gasteiger partial charge on any atom is -0.336 e. The van der Waals surface area contributed by atoms with E-state index >= 15 is 0 Å². The Balaban J connectivity index is 0.00000225. The van der Waals surface area contributed by atoms with Crippen LogP contribution in [0.3, 0.4) is 0 Å². The van der Waals surface area contributed by atoms with Crippen LogP contribution in [0, 0.1) is 0 Å². The average molecular weight is 424 g/mol. The largest absolute Gasteiger partial charge is 0.336 e. The first kappa shape index (κ1) is 20.6. The second kappa shape index (κ2) is 8.94. The molecule has 1 N–H and O–H groups in total. The summed E-state index contributed by atoms with van der Waals surface area (Å²) in [5.41, 5.74) is 1.40. The Hall–Kier alpha value is -2.09. The molecular weight excluding hydrogens is 401 g/mol. The first-order valence-corrected chi connectivity index (χ1v) is 9.60. The molecule has 1 unspecified atom stereocenters. The number of likely N-dealkylation sites (tertiary alicyclic amines) is 1. The molecule has 0 spiro atoms. The third kappa shape index (κ3) is 4.32. The average Bonchev–Trinajstić information content (AvgIpc) is 3.18. The van der Waals surface area contributed by atoms with Crippen molar-refractivity contribution >= 4 is 35.8 Å². The first-order chi connectivity index (χ1) is 13.1. The number of piperazine rings is 1. The van der Waals surface area contributed by atoms with Gasteiger partial charge in [0.25, 0.3) is 5.91 Å². The van der Waals surface area contributed by atoms with E-state index in [4.69, 9.17) is 11.6 Å². The SMILES string of the molecule is Cl.O=C(c1cnn(-c2ccc(Cl)cc2)c1)N1CCCC(N2CCNCC2=O)C1. The molecule has 1 atom stereocenters. The molecule has 0 bridgehead atoms. The smallest absolute Gasteiger partial charge is 0.257 e. The lowest BCUT2D eigenvalue weighted by atomic mass is 10.0. The van der Waals surface area contributed by atoms with Gasteiger partial charge in [-0.25, -0.2) is 4.68 Å². The second-order valence-electron chi connectivity index (χ2n) is 6.96. The van der Waals surface area contributed by atoms with Gasteiger partial charge in [0.15, 0.2) is 0 Å². The number of aromatic nitrogens is 2. The van der Waals surface area contributed by atoms with Crippen molar-refractivity contribution in [1.29, 1.82) is 0 Å². The van der Waals surface area contributed by atoms with Crippen LogP contribution >= 0.6 is 24.0 Å². The number of rotatable bonds is 3. The lowest BCUT2D eigenvalue weighted by molar-refractivity contribution is -0.135. The molecule has 2 saturated heterocycles. The highest BCUT2D eigenvalue weighted by Crippen LogP contribution is 2.20. The van der Waals surface area contributed by atoms with E-state index in [9.17, 15) is 9.59 Å². The van der Waals surface area contributed by atoms with Gasteiger partial charge in [0.1, 0.15) is 0 Å². The lowest BCUT2D eigenvalue weighted by Gasteiger charge is -2.41. The number of benzene rings is 1. The molecule has 0 radical (unpaired) electrons. The first-order valence-electron chi connectivity index (χ1n) is 9.22. The van der Waals surface area contributed by atoms with Crippen molar-refractivity contribution in [2.24, 2.45) is 0 Å². The van der Waals surface area contributed by atoms with Crippen molar-refractivity contribution < 1.29 is 9.59 Å². The van der Waals surface area contributed by atoms with Gasteiger partial charge in [0, 0.05) is 43.4 Å². The Labute approximate surface area is 175 Å². The Kier molecular flexibility index (Phi) is 6.59. The molecule has 0 saturated carbocycles. The number of nitrogens with zero attached hydrogens (tertiary/aromatic N) is 4. The number of carbonyl (C=O) groups is 2. The number of piperidine rings is 1. The van der Waals surface area contributed by atoms with E-state index in [-0.39, 0.29) is 30.3 Å². The van der Waals surface area contributed by atoms with Crippen molar-refractivity contribution in [2.45, 2.75) is 18.9 Å². The van der Waals surface area contributed by atoms with E-state index in [2.05, 4.69) is 10.4 Å². The molecule has 2 aliphatic heterocycles. The van der Waals surface area contributed by atoms with Gasteiger partial charge in [-0.2, -0.15) is 5.10 Å². The molecule has 9 heteroatoms. The maximum absolute atomic E-state index is 12.9. The predicted octanol–water partition coefficient (Wildman–Crippen LogP) is 1.98. The van der Waals surface area contributed by atoms with Crippen molar-refractivity contribution in [3.8, 4) is 5.69 Å². The molecular formula is C19H23Cl2N5O2. The molecule has 2 amide bonds. The normalized spacial score (nSPS) is 20.0. The number of carbonyl (C=O) groups excluding carboxylic acids is 2.